The fraction of sp³-hybridized carbons (Fsp3) is 0.192. The van der Waals surface area contributed by atoms with Gasteiger partial charge in [-0.2, -0.15) is 5.26 Å². The molecule has 0 unspecified atom stereocenters. The van der Waals surface area contributed by atoms with Crippen molar-refractivity contribution < 1.29 is 27.5 Å². The summed E-state index contributed by atoms with van der Waals surface area (Å²) < 4.78 is 42.1. The summed E-state index contributed by atoms with van der Waals surface area (Å²) in [6, 6.07) is 17.2. The average molecular weight is 533 g/mol. The van der Waals surface area contributed by atoms with Crippen LogP contribution < -0.4 is 9.64 Å². The van der Waals surface area contributed by atoms with Gasteiger partial charge in [-0.15, -0.1) is 13.2 Å². The van der Waals surface area contributed by atoms with Crippen molar-refractivity contribution in [1.29, 1.82) is 5.26 Å². The van der Waals surface area contributed by atoms with E-state index in [1.54, 1.807) is 26.0 Å². The van der Waals surface area contributed by atoms with Crippen molar-refractivity contribution in [3.8, 4) is 11.8 Å². The van der Waals surface area contributed by atoms with Crippen molar-refractivity contribution in [2.24, 2.45) is 5.41 Å². The van der Waals surface area contributed by atoms with E-state index in [1.807, 2.05) is 6.07 Å². The number of alkyl halides is 3. The lowest BCUT2D eigenvalue weighted by molar-refractivity contribution is -0.274. The van der Waals surface area contributed by atoms with Crippen LogP contribution in [0.25, 0.3) is 0 Å². The number of hydrogen-bond donors (Lipinski definition) is 0. The monoisotopic (exact) mass is 532 g/mol. The van der Waals surface area contributed by atoms with E-state index in [0.717, 1.165) is 17.0 Å². The van der Waals surface area contributed by atoms with Crippen LogP contribution >= 0.6 is 23.2 Å². The summed E-state index contributed by atoms with van der Waals surface area (Å²) in [6.45, 7) is 3.16. The second kappa shape index (κ2) is 8.84. The zero-order valence-corrected chi connectivity index (χ0v) is 20.4. The molecule has 0 spiro atoms. The van der Waals surface area contributed by atoms with Crippen LogP contribution in [0.15, 0.2) is 66.7 Å². The number of nitrogens with zero attached hydrogens (tertiary/aromatic N) is 2. The number of imide groups is 1. The SMILES string of the molecule is CC1(C)C(=O)N(c2cc(Cl)cc(Cl)c2)C(=O)[C@]1(c1ccc(C#N)cc1)c1ccc(OC(F)(F)F)cc1. The molecule has 2 amide bonds. The molecule has 0 bridgehead atoms. The highest BCUT2D eigenvalue weighted by Gasteiger charge is 2.66. The molecular weight excluding hydrogens is 516 g/mol. The molecule has 0 aliphatic carbocycles. The fourth-order valence-corrected chi connectivity index (χ4v) is 5.22. The van der Waals surface area contributed by atoms with Crippen LogP contribution in [0.1, 0.15) is 30.5 Å². The Bertz CT molecular complexity index is 1380. The van der Waals surface area contributed by atoms with Crippen LogP contribution in [-0.4, -0.2) is 18.2 Å². The number of nitriles is 1. The van der Waals surface area contributed by atoms with E-state index in [1.165, 1.54) is 42.5 Å². The molecule has 0 aromatic heterocycles. The maximum Gasteiger partial charge on any atom is 0.573 e. The maximum absolute atomic E-state index is 14.3. The zero-order chi connectivity index (χ0) is 26.5. The number of carbonyl (C=O) groups excluding carboxylic acids is 2. The molecule has 10 heteroatoms. The molecule has 5 nitrogen and oxygen atoms in total. The third-order valence-corrected chi connectivity index (χ3v) is 6.71. The first-order valence-electron chi connectivity index (χ1n) is 10.5. The van der Waals surface area contributed by atoms with E-state index >= 15 is 0 Å². The number of rotatable bonds is 4. The minimum Gasteiger partial charge on any atom is -0.406 e. The number of halogens is 5. The highest BCUT2D eigenvalue weighted by molar-refractivity contribution is 6.36. The van der Waals surface area contributed by atoms with E-state index in [2.05, 4.69) is 4.74 Å². The molecule has 1 saturated heterocycles. The Morgan fingerprint density at radius 3 is 1.83 bits per heavy atom. The van der Waals surface area contributed by atoms with Gasteiger partial charge in [0, 0.05) is 10.0 Å². The van der Waals surface area contributed by atoms with Gasteiger partial charge in [0.2, 0.25) is 11.8 Å². The zero-order valence-electron chi connectivity index (χ0n) is 18.9. The standard InChI is InChI=1S/C26H17Cl2F3N2O3/c1-24(2)22(34)33(20-12-18(27)11-19(28)13-20)23(35)25(24,16-5-3-15(14-32)4-6-16)17-7-9-21(10-8-17)36-26(29,30)31/h3-13H,1-2H3/t25-/m0/s1. The lowest BCUT2D eigenvalue weighted by atomic mass is 9.59. The molecule has 3 aromatic carbocycles. The van der Waals surface area contributed by atoms with Crippen LogP contribution in [0.3, 0.4) is 0 Å². The van der Waals surface area contributed by atoms with Gasteiger partial charge in [-0.1, -0.05) is 47.5 Å². The van der Waals surface area contributed by atoms with Crippen molar-refractivity contribution in [2.45, 2.75) is 25.6 Å². The van der Waals surface area contributed by atoms with Gasteiger partial charge in [0.15, 0.2) is 0 Å². The van der Waals surface area contributed by atoms with E-state index in [0.29, 0.717) is 11.1 Å². The van der Waals surface area contributed by atoms with E-state index < -0.39 is 34.8 Å². The molecule has 0 radical (unpaired) electrons. The molecule has 1 aliphatic heterocycles. The Balaban J connectivity index is 1.97. The van der Waals surface area contributed by atoms with Crippen molar-refractivity contribution in [2.75, 3.05) is 4.90 Å². The summed E-state index contributed by atoms with van der Waals surface area (Å²) in [7, 11) is 0. The molecule has 1 fully saturated rings. The van der Waals surface area contributed by atoms with Gasteiger partial charge in [-0.05, 0) is 67.4 Å². The minimum absolute atomic E-state index is 0.156. The second-order valence-electron chi connectivity index (χ2n) is 8.71. The molecule has 0 N–H and O–H groups in total. The Morgan fingerprint density at radius 2 is 1.36 bits per heavy atom. The molecule has 4 rings (SSSR count). The summed E-state index contributed by atoms with van der Waals surface area (Å²) in [5, 5.41) is 9.65. The summed E-state index contributed by atoms with van der Waals surface area (Å²) >= 11 is 12.3. The number of hydrogen-bond acceptors (Lipinski definition) is 4. The number of amides is 2. The lowest BCUT2D eigenvalue weighted by Gasteiger charge is -2.38. The fourth-order valence-electron chi connectivity index (χ4n) is 4.71. The van der Waals surface area contributed by atoms with Gasteiger partial charge < -0.3 is 4.74 Å². The minimum atomic E-state index is -4.90. The van der Waals surface area contributed by atoms with Crippen LogP contribution in [-0.2, 0) is 15.0 Å². The molecule has 36 heavy (non-hydrogen) atoms. The van der Waals surface area contributed by atoms with E-state index in [-0.39, 0.29) is 21.3 Å². The summed E-state index contributed by atoms with van der Waals surface area (Å²) in [4.78, 5) is 29.1. The summed E-state index contributed by atoms with van der Waals surface area (Å²) in [6.07, 6.45) is -4.90. The molecular formula is C26H17Cl2F3N2O3. The van der Waals surface area contributed by atoms with Gasteiger partial charge in [0.25, 0.3) is 0 Å². The first-order valence-corrected chi connectivity index (χ1v) is 11.3. The third-order valence-electron chi connectivity index (χ3n) is 6.27. The molecule has 3 aromatic rings. The van der Waals surface area contributed by atoms with E-state index in [9.17, 15) is 28.0 Å². The van der Waals surface area contributed by atoms with Crippen LogP contribution in [0, 0.1) is 16.7 Å². The van der Waals surface area contributed by atoms with Crippen molar-refractivity contribution in [1.82, 2.24) is 0 Å². The molecule has 1 atom stereocenters. The van der Waals surface area contributed by atoms with Gasteiger partial charge in [-0.3, -0.25) is 9.59 Å². The Labute approximate surface area is 214 Å². The summed E-state index contributed by atoms with van der Waals surface area (Å²) in [5.41, 5.74) is -1.95. The van der Waals surface area contributed by atoms with Crippen LogP contribution in [0.4, 0.5) is 18.9 Å². The molecule has 1 aliphatic rings. The molecule has 0 saturated carbocycles. The number of benzene rings is 3. The van der Waals surface area contributed by atoms with Crippen molar-refractivity contribution >= 4 is 40.7 Å². The maximum atomic E-state index is 14.3. The number of ether oxygens (including phenoxy) is 1. The quantitative estimate of drug-likeness (QED) is 0.352. The highest BCUT2D eigenvalue weighted by Crippen LogP contribution is 2.55. The summed E-state index contributed by atoms with van der Waals surface area (Å²) in [5.74, 6) is -1.69. The van der Waals surface area contributed by atoms with Crippen LogP contribution in [0.5, 0.6) is 5.75 Å². The topological polar surface area (TPSA) is 70.4 Å². The first kappa shape index (κ1) is 25.5. The predicted molar refractivity (Wildman–Crippen MR) is 128 cm³/mol. The van der Waals surface area contributed by atoms with Gasteiger partial charge >= 0.3 is 6.36 Å². The second-order valence-corrected chi connectivity index (χ2v) is 9.58. The normalized spacial score (nSPS) is 19.3. The van der Waals surface area contributed by atoms with Gasteiger partial charge in [0.05, 0.1) is 22.7 Å². The highest BCUT2D eigenvalue weighted by atomic mass is 35.5. The molecule has 184 valence electrons. The third kappa shape index (κ3) is 4.08. The van der Waals surface area contributed by atoms with Gasteiger partial charge in [-0.25, -0.2) is 4.90 Å². The van der Waals surface area contributed by atoms with E-state index in [4.69, 9.17) is 23.2 Å². The first-order chi connectivity index (χ1) is 16.8. The number of carbonyl (C=O) groups is 2. The van der Waals surface area contributed by atoms with Gasteiger partial charge in [0.1, 0.15) is 11.2 Å². The largest absolute Gasteiger partial charge is 0.573 e. The Hall–Kier alpha value is -3.54. The van der Waals surface area contributed by atoms with Crippen molar-refractivity contribution in [3.63, 3.8) is 0 Å². The lowest BCUT2D eigenvalue weighted by Crippen LogP contribution is -2.46. The predicted octanol–water partition coefficient (Wildman–Crippen LogP) is 6.65. The number of anilines is 1. The Kier molecular flexibility index (Phi) is 6.27. The van der Waals surface area contributed by atoms with Crippen molar-refractivity contribution in [3.05, 3.63) is 93.5 Å². The van der Waals surface area contributed by atoms with Crippen LogP contribution in [0.2, 0.25) is 10.0 Å². The molecule has 1 heterocycles. The smallest absolute Gasteiger partial charge is 0.406 e. The average Bonchev–Trinajstić information content (AvgIpc) is 2.94. The Morgan fingerprint density at radius 1 is 0.861 bits per heavy atom.